The second-order valence-electron chi connectivity index (χ2n) is 5.02. The Morgan fingerprint density at radius 1 is 1.17 bits per heavy atom. The van der Waals surface area contributed by atoms with Crippen LogP contribution in [0.15, 0.2) is 28.8 Å². The molecule has 0 saturated heterocycles. The molecular formula is C15H12N4O4S. The van der Waals surface area contributed by atoms with Crippen LogP contribution in [0.5, 0.6) is 11.5 Å². The Hall–Kier alpha value is -2.94. The van der Waals surface area contributed by atoms with E-state index in [2.05, 4.69) is 20.7 Å². The molecule has 1 aliphatic rings. The highest BCUT2D eigenvalue weighted by molar-refractivity contribution is 7.15. The molecule has 4 rings (SSSR count). The number of carbonyl (C=O) groups excluding carboxylic acids is 1. The molecule has 0 spiro atoms. The molecule has 0 fully saturated rings. The summed E-state index contributed by atoms with van der Waals surface area (Å²) in [6, 6.07) is 6.99. The highest BCUT2D eigenvalue weighted by Crippen LogP contribution is 2.34. The second-order valence-corrected chi connectivity index (χ2v) is 6.20. The molecule has 0 bridgehead atoms. The predicted octanol–water partition coefficient (Wildman–Crippen LogP) is 2.53. The number of benzene rings is 1. The molecule has 0 saturated carbocycles. The maximum Gasteiger partial charge on any atom is 0.279 e. The molecule has 3 aromatic rings. The van der Waals surface area contributed by atoms with Crippen LogP contribution >= 0.6 is 11.3 Å². The zero-order valence-corrected chi connectivity index (χ0v) is 13.4. The number of aryl methyl sites for hydroxylation is 1. The largest absolute Gasteiger partial charge is 0.486 e. The van der Waals surface area contributed by atoms with Crippen LogP contribution in [0.25, 0.3) is 11.3 Å². The Bertz CT molecular complexity index is 905. The van der Waals surface area contributed by atoms with Crippen molar-refractivity contribution in [2.75, 3.05) is 18.5 Å². The highest BCUT2D eigenvalue weighted by atomic mass is 32.1. The van der Waals surface area contributed by atoms with Crippen LogP contribution in [0.3, 0.4) is 0 Å². The SMILES string of the molecule is Cc1nnc(NC(=O)c2cc(-c3ccc4c(c3)OCCO4)on2)s1. The molecule has 0 unspecified atom stereocenters. The smallest absolute Gasteiger partial charge is 0.279 e. The minimum Gasteiger partial charge on any atom is -0.486 e. The number of amides is 1. The molecule has 0 atom stereocenters. The van der Waals surface area contributed by atoms with Gasteiger partial charge < -0.3 is 14.0 Å². The summed E-state index contributed by atoms with van der Waals surface area (Å²) in [6.45, 7) is 2.84. The lowest BCUT2D eigenvalue weighted by Gasteiger charge is -2.18. The molecule has 1 aromatic carbocycles. The third-order valence-electron chi connectivity index (χ3n) is 3.32. The Morgan fingerprint density at radius 3 is 2.79 bits per heavy atom. The van der Waals surface area contributed by atoms with Gasteiger partial charge in [-0.2, -0.15) is 0 Å². The van der Waals surface area contributed by atoms with Crippen molar-refractivity contribution in [1.29, 1.82) is 0 Å². The zero-order chi connectivity index (χ0) is 16.5. The lowest BCUT2D eigenvalue weighted by molar-refractivity contribution is 0.101. The van der Waals surface area contributed by atoms with E-state index in [9.17, 15) is 4.79 Å². The van der Waals surface area contributed by atoms with Gasteiger partial charge in [-0.15, -0.1) is 10.2 Å². The first kappa shape index (κ1) is 14.6. The van der Waals surface area contributed by atoms with Crippen molar-refractivity contribution in [2.45, 2.75) is 6.92 Å². The van der Waals surface area contributed by atoms with Crippen molar-refractivity contribution in [2.24, 2.45) is 0 Å². The van der Waals surface area contributed by atoms with E-state index in [-0.39, 0.29) is 5.69 Å². The molecule has 1 amide bonds. The van der Waals surface area contributed by atoms with Crippen LogP contribution < -0.4 is 14.8 Å². The van der Waals surface area contributed by atoms with Gasteiger partial charge in [-0.05, 0) is 25.1 Å². The van der Waals surface area contributed by atoms with Gasteiger partial charge in [-0.25, -0.2) is 0 Å². The topological polar surface area (TPSA) is 99.4 Å². The fourth-order valence-corrected chi connectivity index (χ4v) is 2.81. The fourth-order valence-electron chi connectivity index (χ4n) is 2.22. The third kappa shape index (κ3) is 2.81. The summed E-state index contributed by atoms with van der Waals surface area (Å²) >= 11 is 1.29. The summed E-state index contributed by atoms with van der Waals surface area (Å²) in [6.07, 6.45) is 0. The van der Waals surface area contributed by atoms with Gasteiger partial charge >= 0.3 is 0 Å². The standard InChI is InChI=1S/C15H12N4O4S/c1-8-17-18-15(24-8)16-14(20)10-7-12(23-19-10)9-2-3-11-13(6-9)22-5-4-21-11/h2-3,6-7H,4-5H2,1H3,(H,16,18,20). The molecule has 1 N–H and O–H groups in total. The molecule has 1 aliphatic heterocycles. The average molecular weight is 344 g/mol. The number of rotatable bonds is 3. The van der Waals surface area contributed by atoms with E-state index in [0.29, 0.717) is 35.6 Å². The lowest BCUT2D eigenvalue weighted by Crippen LogP contribution is -2.15. The Labute approximate surface area is 140 Å². The number of ether oxygens (including phenoxy) is 2. The highest BCUT2D eigenvalue weighted by Gasteiger charge is 2.18. The summed E-state index contributed by atoms with van der Waals surface area (Å²) in [5, 5.41) is 15.3. The van der Waals surface area contributed by atoms with Gasteiger partial charge in [0.05, 0.1) is 0 Å². The van der Waals surface area contributed by atoms with Crippen molar-refractivity contribution in [3.8, 4) is 22.8 Å². The summed E-state index contributed by atoms with van der Waals surface area (Å²) in [5.74, 6) is 1.39. The van der Waals surface area contributed by atoms with Crippen molar-refractivity contribution < 1.29 is 18.8 Å². The first-order valence-electron chi connectivity index (χ1n) is 7.17. The van der Waals surface area contributed by atoms with Crippen molar-refractivity contribution >= 4 is 22.4 Å². The lowest BCUT2D eigenvalue weighted by atomic mass is 10.1. The zero-order valence-electron chi connectivity index (χ0n) is 12.6. The van der Waals surface area contributed by atoms with Gasteiger partial charge in [0.1, 0.15) is 18.2 Å². The number of aromatic nitrogens is 3. The maximum absolute atomic E-state index is 12.2. The van der Waals surface area contributed by atoms with Crippen LogP contribution in [0.1, 0.15) is 15.5 Å². The van der Waals surface area contributed by atoms with Crippen LogP contribution in [-0.4, -0.2) is 34.5 Å². The number of fused-ring (bicyclic) bond motifs is 1. The number of nitrogens with zero attached hydrogens (tertiary/aromatic N) is 3. The predicted molar refractivity (Wildman–Crippen MR) is 85.5 cm³/mol. The van der Waals surface area contributed by atoms with E-state index < -0.39 is 5.91 Å². The van der Waals surface area contributed by atoms with Crippen molar-refractivity contribution in [3.63, 3.8) is 0 Å². The minimum atomic E-state index is -0.404. The molecule has 9 heteroatoms. The Kier molecular flexibility index (Phi) is 3.62. The summed E-state index contributed by atoms with van der Waals surface area (Å²) in [5.41, 5.74) is 0.908. The van der Waals surface area contributed by atoms with Crippen molar-refractivity contribution in [3.05, 3.63) is 35.0 Å². The molecule has 122 valence electrons. The minimum absolute atomic E-state index is 0.160. The maximum atomic E-state index is 12.2. The van der Waals surface area contributed by atoms with Gasteiger partial charge in [0.15, 0.2) is 23.0 Å². The number of nitrogens with one attached hydrogen (secondary N) is 1. The fraction of sp³-hybridized carbons (Fsp3) is 0.200. The summed E-state index contributed by atoms with van der Waals surface area (Å²) in [4.78, 5) is 12.2. The van der Waals surface area contributed by atoms with Crippen LogP contribution in [0, 0.1) is 6.92 Å². The van der Waals surface area contributed by atoms with Crippen LogP contribution in [-0.2, 0) is 0 Å². The average Bonchev–Trinajstić information content (AvgIpc) is 3.24. The number of carbonyl (C=O) groups is 1. The van der Waals surface area contributed by atoms with Gasteiger partial charge in [0, 0.05) is 11.6 Å². The van der Waals surface area contributed by atoms with Gasteiger partial charge in [-0.3, -0.25) is 10.1 Å². The van der Waals surface area contributed by atoms with Gasteiger partial charge in [0.25, 0.3) is 5.91 Å². The third-order valence-corrected chi connectivity index (χ3v) is 4.07. The van der Waals surface area contributed by atoms with E-state index in [1.807, 2.05) is 13.0 Å². The molecule has 3 heterocycles. The molecule has 24 heavy (non-hydrogen) atoms. The van der Waals surface area contributed by atoms with Gasteiger partial charge in [-0.1, -0.05) is 16.5 Å². The van der Waals surface area contributed by atoms with E-state index in [1.165, 1.54) is 11.3 Å². The van der Waals surface area contributed by atoms with Crippen LogP contribution in [0.4, 0.5) is 5.13 Å². The van der Waals surface area contributed by atoms with Gasteiger partial charge in [0.2, 0.25) is 5.13 Å². The first-order valence-corrected chi connectivity index (χ1v) is 7.99. The van der Waals surface area contributed by atoms with E-state index in [4.69, 9.17) is 14.0 Å². The molecule has 2 aromatic heterocycles. The monoisotopic (exact) mass is 344 g/mol. The van der Waals surface area contributed by atoms with Crippen LogP contribution in [0.2, 0.25) is 0 Å². The number of anilines is 1. The molecule has 8 nitrogen and oxygen atoms in total. The quantitative estimate of drug-likeness (QED) is 0.779. The van der Waals surface area contributed by atoms with E-state index in [0.717, 1.165) is 10.6 Å². The number of hydrogen-bond acceptors (Lipinski definition) is 8. The molecule has 0 aliphatic carbocycles. The summed E-state index contributed by atoms with van der Waals surface area (Å²) < 4.78 is 16.3. The molecular weight excluding hydrogens is 332 g/mol. The molecule has 0 radical (unpaired) electrons. The van der Waals surface area contributed by atoms with Crippen molar-refractivity contribution in [1.82, 2.24) is 15.4 Å². The normalized spacial score (nSPS) is 12.9. The summed E-state index contributed by atoms with van der Waals surface area (Å²) in [7, 11) is 0. The Balaban J connectivity index is 1.55. The van der Waals surface area contributed by atoms with E-state index >= 15 is 0 Å². The van der Waals surface area contributed by atoms with E-state index in [1.54, 1.807) is 18.2 Å². The first-order chi connectivity index (χ1) is 11.7. The number of hydrogen-bond donors (Lipinski definition) is 1. The Morgan fingerprint density at radius 2 is 2.00 bits per heavy atom. The second kappa shape index (κ2) is 5.93.